The first-order valence-corrected chi connectivity index (χ1v) is 20.7. The van der Waals surface area contributed by atoms with E-state index >= 15 is 0 Å². The summed E-state index contributed by atoms with van der Waals surface area (Å²) in [6.45, 7) is 30.3. The van der Waals surface area contributed by atoms with E-state index < -0.39 is 16.6 Å². The standard InChI is InChI=1S/C30H62O3Si2/c1-25(2)27(5,6)34(9,10)31-23-29(19-15-13-16-20-29)33-30(21-17-14-18-22-30)24-32-35(11,12)28(7,8)26(3)4/h25-26H,13-24H2,1-12H3. The van der Waals surface area contributed by atoms with Crippen LogP contribution in [0.4, 0.5) is 0 Å². The van der Waals surface area contributed by atoms with Crippen molar-refractivity contribution in [3.63, 3.8) is 0 Å². The van der Waals surface area contributed by atoms with Gasteiger partial charge in [-0.3, -0.25) is 0 Å². The minimum Gasteiger partial charge on any atom is -0.414 e. The van der Waals surface area contributed by atoms with Gasteiger partial charge >= 0.3 is 0 Å². The molecular weight excluding hydrogens is 464 g/mol. The van der Waals surface area contributed by atoms with Crippen molar-refractivity contribution in [3.8, 4) is 0 Å². The molecule has 2 saturated carbocycles. The zero-order chi connectivity index (χ0) is 26.8. The maximum absolute atomic E-state index is 7.44. The van der Waals surface area contributed by atoms with Crippen molar-refractivity contribution in [2.75, 3.05) is 13.2 Å². The molecule has 0 spiro atoms. The largest absolute Gasteiger partial charge is 0.414 e. The van der Waals surface area contributed by atoms with Crippen LogP contribution >= 0.6 is 0 Å². The van der Waals surface area contributed by atoms with E-state index in [0.29, 0.717) is 11.8 Å². The van der Waals surface area contributed by atoms with E-state index in [4.69, 9.17) is 13.6 Å². The third-order valence-corrected chi connectivity index (χ3v) is 20.4. The first-order valence-electron chi connectivity index (χ1n) is 14.9. The second-order valence-electron chi connectivity index (χ2n) is 14.9. The van der Waals surface area contributed by atoms with Gasteiger partial charge < -0.3 is 13.6 Å². The van der Waals surface area contributed by atoms with Crippen LogP contribution < -0.4 is 0 Å². The fourth-order valence-corrected chi connectivity index (χ4v) is 10.6. The van der Waals surface area contributed by atoms with Crippen molar-refractivity contribution in [2.24, 2.45) is 11.8 Å². The van der Waals surface area contributed by atoms with E-state index in [1.54, 1.807) is 0 Å². The molecule has 0 atom stereocenters. The van der Waals surface area contributed by atoms with Gasteiger partial charge in [0.05, 0.1) is 24.4 Å². The summed E-state index contributed by atoms with van der Waals surface area (Å²) in [5, 5.41) is 0.457. The molecule has 35 heavy (non-hydrogen) atoms. The van der Waals surface area contributed by atoms with Gasteiger partial charge in [0.25, 0.3) is 0 Å². The fourth-order valence-electron chi connectivity index (χ4n) is 5.79. The lowest BCUT2D eigenvalue weighted by atomic mass is 9.81. The monoisotopic (exact) mass is 526 g/mol. The first-order chi connectivity index (χ1) is 15.9. The molecule has 2 aliphatic rings. The molecule has 2 aliphatic carbocycles. The molecule has 208 valence electrons. The molecule has 0 aliphatic heterocycles. The van der Waals surface area contributed by atoms with Crippen LogP contribution in [-0.4, -0.2) is 41.1 Å². The van der Waals surface area contributed by atoms with E-state index in [2.05, 4.69) is 81.6 Å². The van der Waals surface area contributed by atoms with Crippen LogP contribution in [0.2, 0.25) is 36.3 Å². The number of hydrogen-bond donors (Lipinski definition) is 0. The molecule has 0 amide bonds. The second kappa shape index (κ2) is 11.6. The van der Waals surface area contributed by atoms with Crippen LogP contribution in [0.1, 0.15) is 120 Å². The molecule has 0 aromatic rings. The van der Waals surface area contributed by atoms with E-state index in [1.807, 2.05) is 0 Å². The molecule has 0 aromatic carbocycles. The predicted molar refractivity (Wildman–Crippen MR) is 157 cm³/mol. The molecule has 0 unspecified atom stereocenters. The maximum Gasteiger partial charge on any atom is 0.192 e. The molecule has 0 N–H and O–H groups in total. The topological polar surface area (TPSA) is 27.7 Å². The maximum atomic E-state index is 7.44. The summed E-state index contributed by atoms with van der Waals surface area (Å²) < 4.78 is 21.4. The number of ether oxygens (including phenoxy) is 1. The molecule has 3 nitrogen and oxygen atoms in total. The Morgan fingerprint density at radius 3 is 1.11 bits per heavy atom. The van der Waals surface area contributed by atoms with Gasteiger partial charge in [0.2, 0.25) is 0 Å². The van der Waals surface area contributed by atoms with E-state index in [0.717, 1.165) is 38.9 Å². The van der Waals surface area contributed by atoms with Crippen LogP contribution in [0.3, 0.4) is 0 Å². The van der Waals surface area contributed by atoms with Gasteiger partial charge in [-0.15, -0.1) is 0 Å². The lowest BCUT2D eigenvalue weighted by molar-refractivity contribution is -0.209. The molecular formula is C30H62O3Si2. The van der Waals surface area contributed by atoms with E-state index in [1.165, 1.54) is 38.5 Å². The SMILES string of the molecule is CC(C)C(C)(C)[Si](C)(C)OCC1(OC2(CO[Si](C)(C)C(C)(C)C(C)C)CCCCC2)CCCCC1. The Bertz CT molecular complexity index is 599. The zero-order valence-corrected chi connectivity index (χ0v) is 27.9. The van der Waals surface area contributed by atoms with Gasteiger partial charge in [-0.25, -0.2) is 0 Å². The number of hydrogen-bond acceptors (Lipinski definition) is 3. The highest BCUT2D eigenvalue weighted by Gasteiger charge is 2.50. The van der Waals surface area contributed by atoms with Gasteiger partial charge in [-0.05, 0) is 73.8 Å². The molecule has 0 aromatic heterocycles. The molecule has 0 bridgehead atoms. The Morgan fingerprint density at radius 2 is 0.857 bits per heavy atom. The van der Waals surface area contributed by atoms with Gasteiger partial charge in [-0.2, -0.15) is 0 Å². The predicted octanol–water partition coefficient (Wildman–Crippen LogP) is 9.72. The molecule has 2 rings (SSSR count). The Balaban J connectivity index is 2.26. The van der Waals surface area contributed by atoms with Crippen LogP contribution in [0.15, 0.2) is 0 Å². The summed E-state index contributed by atoms with van der Waals surface area (Å²) in [5.74, 6) is 1.23. The fraction of sp³-hybridized carbons (Fsp3) is 1.00. The van der Waals surface area contributed by atoms with Crippen LogP contribution in [-0.2, 0) is 13.6 Å². The first kappa shape index (κ1) is 31.5. The Kier molecular flexibility index (Phi) is 10.4. The quantitative estimate of drug-likeness (QED) is 0.237. The van der Waals surface area contributed by atoms with Gasteiger partial charge in [-0.1, -0.05) is 93.9 Å². The summed E-state index contributed by atoms with van der Waals surface area (Å²) >= 11 is 0. The van der Waals surface area contributed by atoms with Gasteiger partial charge in [0.15, 0.2) is 16.6 Å². The van der Waals surface area contributed by atoms with E-state index in [-0.39, 0.29) is 21.3 Å². The van der Waals surface area contributed by atoms with Crippen LogP contribution in [0.25, 0.3) is 0 Å². The van der Waals surface area contributed by atoms with E-state index in [9.17, 15) is 0 Å². The Hall–Kier alpha value is 0.314. The third kappa shape index (κ3) is 7.25. The van der Waals surface area contributed by atoms with Gasteiger partial charge in [0, 0.05) is 0 Å². The summed E-state index contributed by atoms with van der Waals surface area (Å²) in [6, 6.07) is 0. The molecule has 2 fully saturated rings. The lowest BCUT2D eigenvalue weighted by Gasteiger charge is -2.51. The third-order valence-electron chi connectivity index (χ3n) is 11.3. The van der Waals surface area contributed by atoms with Crippen molar-refractivity contribution in [2.45, 2.75) is 167 Å². The minimum atomic E-state index is -1.91. The van der Waals surface area contributed by atoms with Crippen molar-refractivity contribution in [3.05, 3.63) is 0 Å². The normalized spacial score (nSPS) is 22.1. The smallest absolute Gasteiger partial charge is 0.192 e. The summed E-state index contributed by atoms with van der Waals surface area (Å²) in [4.78, 5) is 0. The molecule has 5 heteroatoms. The Labute approximate surface area is 222 Å². The molecule has 0 radical (unpaired) electrons. The zero-order valence-electron chi connectivity index (χ0n) is 25.9. The average molecular weight is 527 g/mol. The van der Waals surface area contributed by atoms with Crippen molar-refractivity contribution in [1.29, 1.82) is 0 Å². The van der Waals surface area contributed by atoms with Crippen LogP contribution in [0.5, 0.6) is 0 Å². The number of rotatable bonds is 12. The molecule has 0 heterocycles. The highest BCUT2D eigenvalue weighted by molar-refractivity contribution is 6.74. The summed E-state index contributed by atoms with van der Waals surface area (Å²) in [5.41, 5.74) is -0.287. The van der Waals surface area contributed by atoms with Crippen molar-refractivity contribution in [1.82, 2.24) is 0 Å². The summed E-state index contributed by atoms with van der Waals surface area (Å²) in [7, 11) is -3.81. The highest BCUT2D eigenvalue weighted by atomic mass is 28.4. The Morgan fingerprint density at radius 1 is 0.571 bits per heavy atom. The molecule has 0 saturated heterocycles. The second-order valence-corrected chi connectivity index (χ2v) is 24.1. The van der Waals surface area contributed by atoms with Crippen molar-refractivity contribution < 1.29 is 13.6 Å². The highest BCUT2D eigenvalue weighted by Crippen LogP contribution is 2.48. The lowest BCUT2D eigenvalue weighted by Crippen LogP contribution is -2.56. The minimum absolute atomic E-state index is 0.143. The van der Waals surface area contributed by atoms with Crippen LogP contribution in [0, 0.1) is 11.8 Å². The van der Waals surface area contributed by atoms with Gasteiger partial charge in [0.1, 0.15) is 0 Å². The average Bonchev–Trinajstić information content (AvgIpc) is 2.77. The van der Waals surface area contributed by atoms with Crippen molar-refractivity contribution >= 4 is 16.6 Å². The summed E-state index contributed by atoms with van der Waals surface area (Å²) in [6.07, 6.45) is 12.3.